The van der Waals surface area contributed by atoms with E-state index in [-0.39, 0.29) is 12.5 Å². The zero-order valence-electron chi connectivity index (χ0n) is 13.2. The molecule has 0 fully saturated rings. The average Bonchev–Trinajstić information content (AvgIpc) is 2.55. The number of nitrogens with zero attached hydrogens (tertiary/aromatic N) is 1. The van der Waals surface area contributed by atoms with Crippen molar-refractivity contribution in [2.45, 2.75) is 6.92 Å². The number of benzene rings is 2. The first kappa shape index (κ1) is 18.5. The molecule has 0 aromatic heterocycles. The molecular formula is C17H16Br2N2O3. The summed E-state index contributed by atoms with van der Waals surface area (Å²) in [7, 11) is 1.53. The van der Waals surface area contributed by atoms with E-state index in [4.69, 9.17) is 9.47 Å². The van der Waals surface area contributed by atoms with Gasteiger partial charge >= 0.3 is 0 Å². The van der Waals surface area contributed by atoms with Gasteiger partial charge in [0.1, 0.15) is 0 Å². The zero-order valence-corrected chi connectivity index (χ0v) is 16.3. The summed E-state index contributed by atoms with van der Waals surface area (Å²) in [5.41, 5.74) is 4.49. The van der Waals surface area contributed by atoms with E-state index in [0.29, 0.717) is 16.0 Å². The monoisotopic (exact) mass is 454 g/mol. The lowest BCUT2D eigenvalue weighted by molar-refractivity contribution is -0.123. The normalized spacial score (nSPS) is 10.7. The fourth-order valence-electron chi connectivity index (χ4n) is 1.83. The van der Waals surface area contributed by atoms with Crippen LogP contribution in [0.2, 0.25) is 0 Å². The number of hydrogen-bond donors (Lipinski definition) is 1. The van der Waals surface area contributed by atoms with Gasteiger partial charge in [-0.05, 0) is 40.5 Å². The van der Waals surface area contributed by atoms with Gasteiger partial charge in [0.25, 0.3) is 5.91 Å². The van der Waals surface area contributed by atoms with Crippen molar-refractivity contribution in [2.24, 2.45) is 5.10 Å². The number of aryl methyl sites for hydroxylation is 1. The molecule has 0 saturated heterocycles. The topological polar surface area (TPSA) is 59.9 Å². The van der Waals surface area contributed by atoms with Gasteiger partial charge in [0.05, 0.1) is 17.8 Å². The summed E-state index contributed by atoms with van der Waals surface area (Å²) >= 11 is 6.75. The molecule has 2 aromatic carbocycles. The van der Waals surface area contributed by atoms with Crippen molar-refractivity contribution < 1.29 is 14.3 Å². The largest absolute Gasteiger partial charge is 0.493 e. The maximum Gasteiger partial charge on any atom is 0.277 e. The number of methoxy groups -OCH3 is 1. The molecule has 0 aliphatic rings. The summed E-state index contributed by atoms with van der Waals surface area (Å²) in [5, 5.41) is 3.91. The quantitative estimate of drug-likeness (QED) is 0.527. The van der Waals surface area contributed by atoms with Gasteiger partial charge in [0.15, 0.2) is 18.1 Å². The van der Waals surface area contributed by atoms with Gasteiger partial charge in [0, 0.05) is 4.47 Å². The van der Waals surface area contributed by atoms with Crippen molar-refractivity contribution in [1.29, 1.82) is 0 Å². The SMILES string of the molecule is COc1cc(Br)cc(Br)c1OCC(=O)N/N=C/c1ccc(C)cc1. The second kappa shape index (κ2) is 8.84. The molecule has 0 unspecified atom stereocenters. The van der Waals surface area contributed by atoms with Crippen LogP contribution >= 0.6 is 31.9 Å². The lowest BCUT2D eigenvalue weighted by atomic mass is 10.2. The Balaban J connectivity index is 1.91. The Hall–Kier alpha value is -1.86. The minimum absolute atomic E-state index is 0.179. The van der Waals surface area contributed by atoms with Crippen molar-refractivity contribution in [2.75, 3.05) is 13.7 Å². The molecule has 24 heavy (non-hydrogen) atoms. The molecule has 0 saturated carbocycles. The lowest BCUT2D eigenvalue weighted by Gasteiger charge is -2.12. The van der Waals surface area contributed by atoms with E-state index in [1.165, 1.54) is 12.7 Å². The Morgan fingerprint density at radius 2 is 1.96 bits per heavy atom. The zero-order chi connectivity index (χ0) is 17.5. The lowest BCUT2D eigenvalue weighted by Crippen LogP contribution is -2.24. The van der Waals surface area contributed by atoms with Gasteiger partial charge in [-0.3, -0.25) is 4.79 Å². The summed E-state index contributed by atoms with van der Waals surface area (Å²) < 4.78 is 12.3. The summed E-state index contributed by atoms with van der Waals surface area (Å²) in [6.45, 7) is 1.83. The van der Waals surface area contributed by atoms with Crippen LogP contribution in [0.3, 0.4) is 0 Å². The molecule has 0 spiro atoms. The molecule has 1 N–H and O–H groups in total. The van der Waals surface area contributed by atoms with Gasteiger partial charge in [-0.25, -0.2) is 5.43 Å². The minimum Gasteiger partial charge on any atom is -0.493 e. The van der Waals surface area contributed by atoms with Gasteiger partial charge < -0.3 is 9.47 Å². The van der Waals surface area contributed by atoms with Gasteiger partial charge in [-0.1, -0.05) is 45.8 Å². The molecule has 0 aliphatic heterocycles. The number of hydrogen-bond acceptors (Lipinski definition) is 4. The second-order valence-corrected chi connectivity index (χ2v) is 6.68. The summed E-state index contributed by atoms with van der Waals surface area (Å²) in [6, 6.07) is 11.4. The summed E-state index contributed by atoms with van der Waals surface area (Å²) in [5.74, 6) is 0.612. The first-order valence-corrected chi connectivity index (χ1v) is 8.62. The van der Waals surface area contributed by atoms with E-state index in [9.17, 15) is 4.79 Å². The summed E-state index contributed by atoms with van der Waals surface area (Å²) in [4.78, 5) is 11.8. The van der Waals surface area contributed by atoms with Crippen LogP contribution in [0, 0.1) is 6.92 Å². The minimum atomic E-state index is -0.366. The number of amides is 1. The third-order valence-electron chi connectivity index (χ3n) is 3.02. The molecule has 2 aromatic rings. The van der Waals surface area contributed by atoms with Crippen LogP contribution in [0.15, 0.2) is 50.4 Å². The Labute approximate surface area is 157 Å². The summed E-state index contributed by atoms with van der Waals surface area (Å²) in [6.07, 6.45) is 1.58. The molecule has 2 rings (SSSR count). The number of carbonyl (C=O) groups is 1. The maximum absolute atomic E-state index is 11.8. The van der Waals surface area contributed by atoms with Crippen molar-refractivity contribution in [3.63, 3.8) is 0 Å². The van der Waals surface area contributed by atoms with Gasteiger partial charge in [0.2, 0.25) is 0 Å². The molecule has 7 heteroatoms. The molecule has 5 nitrogen and oxygen atoms in total. The molecule has 0 radical (unpaired) electrons. The Morgan fingerprint density at radius 3 is 2.62 bits per heavy atom. The predicted octanol–water partition coefficient (Wildman–Crippen LogP) is 4.06. The van der Waals surface area contributed by atoms with Crippen LogP contribution in [0.25, 0.3) is 0 Å². The van der Waals surface area contributed by atoms with Crippen molar-refractivity contribution >= 4 is 44.0 Å². The number of nitrogens with one attached hydrogen (secondary N) is 1. The number of hydrazone groups is 1. The maximum atomic E-state index is 11.8. The molecule has 126 valence electrons. The molecule has 0 atom stereocenters. The average molecular weight is 456 g/mol. The third-order valence-corrected chi connectivity index (χ3v) is 4.07. The smallest absolute Gasteiger partial charge is 0.277 e. The van der Waals surface area contributed by atoms with E-state index in [2.05, 4.69) is 42.4 Å². The Morgan fingerprint density at radius 1 is 1.25 bits per heavy atom. The first-order chi connectivity index (χ1) is 11.5. The molecule has 0 aliphatic carbocycles. The highest BCUT2D eigenvalue weighted by molar-refractivity contribution is 9.11. The highest BCUT2D eigenvalue weighted by atomic mass is 79.9. The standard InChI is InChI=1S/C17H16Br2N2O3/c1-11-3-5-12(6-4-11)9-20-21-16(22)10-24-17-14(19)7-13(18)8-15(17)23-2/h3-9H,10H2,1-2H3,(H,21,22)/b20-9+. The van der Waals surface area contributed by atoms with Crippen LogP contribution in [-0.2, 0) is 4.79 Å². The van der Waals surface area contributed by atoms with Crippen LogP contribution < -0.4 is 14.9 Å². The van der Waals surface area contributed by atoms with E-state index >= 15 is 0 Å². The van der Waals surface area contributed by atoms with Crippen LogP contribution in [-0.4, -0.2) is 25.8 Å². The van der Waals surface area contributed by atoms with Crippen molar-refractivity contribution in [3.8, 4) is 11.5 Å². The van der Waals surface area contributed by atoms with Crippen molar-refractivity contribution in [3.05, 3.63) is 56.5 Å². The van der Waals surface area contributed by atoms with Crippen molar-refractivity contribution in [1.82, 2.24) is 5.43 Å². The van der Waals surface area contributed by atoms with Gasteiger partial charge in [-0.15, -0.1) is 0 Å². The van der Waals surface area contributed by atoms with Crippen LogP contribution in [0.4, 0.5) is 0 Å². The van der Waals surface area contributed by atoms with E-state index in [0.717, 1.165) is 10.0 Å². The third kappa shape index (κ3) is 5.35. The van der Waals surface area contributed by atoms with Gasteiger partial charge in [-0.2, -0.15) is 5.10 Å². The Bertz CT molecular complexity index is 746. The number of carbonyl (C=O) groups excluding carboxylic acids is 1. The van der Waals surface area contributed by atoms with Crippen LogP contribution in [0.1, 0.15) is 11.1 Å². The molecule has 0 bridgehead atoms. The molecule has 1 amide bonds. The van der Waals surface area contributed by atoms with E-state index < -0.39 is 0 Å². The highest BCUT2D eigenvalue weighted by Gasteiger charge is 2.12. The fourth-order valence-corrected chi connectivity index (χ4v) is 3.13. The fraction of sp³-hybridized carbons (Fsp3) is 0.176. The van der Waals surface area contributed by atoms with E-state index in [1.807, 2.05) is 37.3 Å². The van der Waals surface area contributed by atoms with Crippen LogP contribution in [0.5, 0.6) is 11.5 Å². The second-order valence-electron chi connectivity index (χ2n) is 4.91. The Kier molecular flexibility index (Phi) is 6.81. The highest BCUT2D eigenvalue weighted by Crippen LogP contribution is 2.38. The molecule has 0 heterocycles. The predicted molar refractivity (Wildman–Crippen MR) is 101 cm³/mol. The molecular weight excluding hydrogens is 440 g/mol. The number of rotatable bonds is 6. The number of ether oxygens (including phenoxy) is 2. The number of halogens is 2. The first-order valence-electron chi connectivity index (χ1n) is 7.04. The van der Waals surface area contributed by atoms with E-state index in [1.54, 1.807) is 12.3 Å².